The third-order valence-corrected chi connectivity index (χ3v) is 2.82. The van der Waals surface area contributed by atoms with Crippen molar-refractivity contribution in [2.24, 2.45) is 5.73 Å². The number of carbonyl (C=O) groups is 1. The molecule has 18 heavy (non-hydrogen) atoms. The smallest absolute Gasteiger partial charge is 0.253 e. The molecule has 1 aromatic carbocycles. The Labute approximate surface area is 113 Å². The Morgan fingerprint density at radius 1 is 1.44 bits per heavy atom. The van der Waals surface area contributed by atoms with Crippen molar-refractivity contribution in [2.45, 2.75) is 6.42 Å². The van der Waals surface area contributed by atoms with E-state index in [1.807, 2.05) is 0 Å². The average molecular weight is 266 g/mol. The minimum Gasteiger partial charge on any atom is -0.389 e. The maximum atomic E-state index is 12.1. The molecule has 1 rings (SSSR count). The van der Waals surface area contributed by atoms with Gasteiger partial charge in [-0.15, -0.1) is 0 Å². The normalized spacial score (nSPS) is 10.1. The molecule has 98 valence electrons. The van der Waals surface area contributed by atoms with E-state index in [2.05, 4.69) is 0 Å². The highest BCUT2D eigenvalue weighted by molar-refractivity contribution is 7.80. The van der Waals surface area contributed by atoms with Crippen molar-refractivity contribution in [1.29, 1.82) is 0 Å². The summed E-state index contributed by atoms with van der Waals surface area (Å²) in [6.07, 6.45) is 0.813. The minimum atomic E-state index is -0.0378. The largest absolute Gasteiger partial charge is 0.389 e. The molecule has 5 heteroatoms. The third kappa shape index (κ3) is 4.09. The summed E-state index contributed by atoms with van der Waals surface area (Å²) in [6.45, 7) is 1.30. The van der Waals surface area contributed by atoms with Gasteiger partial charge < -0.3 is 15.4 Å². The van der Waals surface area contributed by atoms with Crippen LogP contribution in [0.4, 0.5) is 0 Å². The molecular formula is C13H18N2O2S. The number of nitrogens with two attached hydrogens (primary N) is 1. The minimum absolute atomic E-state index is 0.0378. The number of nitrogens with zero attached hydrogens (tertiary/aromatic N) is 1. The van der Waals surface area contributed by atoms with E-state index < -0.39 is 0 Å². The van der Waals surface area contributed by atoms with Crippen molar-refractivity contribution in [2.75, 3.05) is 27.3 Å². The van der Waals surface area contributed by atoms with Gasteiger partial charge in [0.25, 0.3) is 5.91 Å². The molecule has 0 spiro atoms. The molecule has 0 heterocycles. The fourth-order valence-corrected chi connectivity index (χ4v) is 1.70. The molecule has 0 aliphatic rings. The summed E-state index contributed by atoms with van der Waals surface area (Å²) in [5.41, 5.74) is 6.85. The highest BCUT2D eigenvalue weighted by Crippen LogP contribution is 2.08. The second kappa shape index (κ2) is 7.08. The first-order chi connectivity index (χ1) is 8.56. The third-order valence-electron chi connectivity index (χ3n) is 2.58. The highest BCUT2D eigenvalue weighted by Gasteiger charge is 2.12. The van der Waals surface area contributed by atoms with Crippen molar-refractivity contribution in [3.05, 3.63) is 35.4 Å². The van der Waals surface area contributed by atoms with E-state index in [4.69, 9.17) is 22.7 Å². The SMILES string of the molecule is COCCCN(C)C(=O)c1cccc(C(N)=S)c1. The number of carbonyl (C=O) groups excluding carboxylic acids is 1. The lowest BCUT2D eigenvalue weighted by molar-refractivity contribution is 0.0779. The van der Waals surface area contributed by atoms with Gasteiger partial charge in [0.2, 0.25) is 0 Å². The maximum Gasteiger partial charge on any atom is 0.253 e. The van der Waals surface area contributed by atoms with Gasteiger partial charge in [0, 0.05) is 38.4 Å². The van der Waals surface area contributed by atoms with Gasteiger partial charge in [-0.3, -0.25) is 4.79 Å². The van der Waals surface area contributed by atoms with Crippen LogP contribution in [-0.2, 0) is 4.74 Å². The van der Waals surface area contributed by atoms with Crippen LogP contribution in [-0.4, -0.2) is 43.1 Å². The van der Waals surface area contributed by atoms with Crippen molar-refractivity contribution >= 4 is 23.1 Å². The Kier molecular flexibility index (Phi) is 5.74. The molecule has 1 aromatic rings. The average Bonchev–Trinajstić information content (AvgIpc) is 2.38. The first-order valence-electron chi connectivity index (χ1n) is 5.70. The number of methoxy groups -OCH3 is 1. The van der Waals surface area contributed by atoms with Gasteiger partial charge in [0.05, 0.1) is 0 Å². The van der Waals surface area contributed by atoms with Gasteiger partial charge >= 0.3 is 0 Å². The molecule has 0 fully saturated rings. The summed E-state index contributed by atoms with van der Waals surface area (Å²) in [5, 5.41) is 0. The highest BCUT2D eigenvalue weighted by atomic mass is 32.1. The number of rotatable bonds is 6. The monoisotopic (exact) mass is 266 g/mol. The van der Waals surface area contributed by atoms with Crippen molar-refractivity contribution < 1.29 is 9.53 Å². The van der Waals surface area contributed by atoms with Crippen molar-refractivity contribution in [3.63, 3.8) is 0 Å². The second-order valence-electron chi connectivity index (χ2n) is 4.02. The van der Waals surface area contributed by atoms with Gasteiger partial charge in [0.15, 0.2) is 0 Å². The molecule has 0 aromatic heterocycles. The van der Waals surface area contributed by atoms with Crippen molar-refractivity contribution in [3.8, 4) is 0 Å². The summed E-state index contributed by atoms with van der Waals surface area (Å²) in [4.78, 5) is 14.1. The lowest BCUT2D eigenvalue weighted by Crippen LogP contribution is -2.28. The number of thiocarbonyl (C=S) groups is 1. The quantitative estimate of drug-likeness (QED) is 0.625. The van der Waals surface area contributed by atoms with E-state index >= 15 is 0 Å². The van der Waals surface area contributed by atoms with Crippen molar-refractivity contribution in [1.82, 2.24) is 4.90 Å². The fourth-order valence-electron chi connectivity index (χ4n) is 1.57. The zero-order valence-corrected chi connectivity index (χ0v) is 11.5. The first kappa shape index (κ1) is 14.6. The van der Waals surface area contributed by atoms with Gasteiger partial charge in [-0.25, -0.2) is 0 Å². The van der Waals surface area contributed by atoms with Crippen LogP contribution in [0.1, 0.15) is 22.3 Å². The number of ether oxygens (including phenoxy) is 1. The van der Waals surface area contributed by atoms with E-state index in [1.54, 1.807) is 43.3 Å². The molecule has 0 bridgehead atoms. The van der Waals surface area contributed by atoms with E-state index in [0.29, 0.717) is 29.3 Å². The van der Waals surface area contributed by atoms with Gasteiger partial charge in [-0.05, 0) is 18.6 Å². The Hall–Kier alpha value is -1.46. The fraction of sp³-hybridized carbons (Fsp3) is 0.385. The van der Waals surface area contributed by atoms with Gasteiger partial charge in [-0.2, -0.15) is 0 Å². The predicted molar refractivity (Wildman–Crippen MR) is 75.8 cm³/mol. The number of hydrogen-bond donors (Lipinski definition) is 1. The molecule has 1 amide bonds. The Bertz CT molecular complexity index is 435. The molecule has 0 saturated carbocycles. The van der Waals surface area contributed by atoms with Crippen LogP contribution in [0.15, 0.2) is 24.3 Å². The molecule has 4 nitrogen and oxygen atoms in total. The van der Waals surface area contributed by atoms with Crippen LogP contribution in [0.2, 0.25) is 0 Å². The van der Waals surface area contributed by atoms with Crippen LogP contribution >= 0.6 is 12.2 Å². The Balaban J connectivity index is 2.71. The molecule has 0 radical (unpaired) electrons. The zero-order valence-electron chi connectivity index (χ0n) is 10.7. The first-order valence-corrected chi connectivity index (χ1v) is 6.11. The standard InChI is InChI=1S/C13H18N2O2S/c1-15(7-4-8-17-2)13(16)11-6-3-5-10(9-11)12(14)18/h3,5-6,9H,4,7-8H2,1-2H3,(H2,14,18). The van der Waals surface area contributed by atoms with E-state index in [9.17, 15) is 4.79 Å². The maximum absolute atomic E-state index is 12.1. The summed E-state index contributed by atoms with van der Waals surface area (Å²) in [6, 6.07) is 7.06. The number of amides is 1. The lowest BCUT2D eigenvalue weighted by Gasteiger charge is -2.17. The molecule has 0 aliphatic heterocycles. The zero-order chi connectivity index (χ0) is 13.5. The molecule has 0 unspecified atom stereocenters. The molecule has 0 aliphatic carbocycles. The van der Waals surface area contributed by atoms with Gasteiger partial charge in [0.1, 0.15) is 4.99 Å². The molecule has 2 N–H and O–H groups in total. The Morgan fingerprint density at radius 2 is 2.11 bits per heavy atom. The lowest BCUT2D eigenvalue weighted by atomic mass is 10.1. The van der Waals surface area contributed by atoms with Crippen LogP contribution < -0.4 is 5.73 Å². The van der Waals surface area contributed by atoms with Crippen LogP contribution in [0.3, 0.4) is 0 Å². The van der Waals surface area contributed by atoms with Gasteiger partial charge in [-0.1, -0.05) is 24.4 Å². The van der Waals surface area contributed by atoms with Crippen LogP contribution in [0, 0.1) is 0 Å². The molecular weight excluding hydrogens is 248 g/mol. The van der Waals surface area contributed by atoms with Crippen LogP contribution in [0.5, 0.6) is 0 Å². The topological polar surface area (TPSA) is 55.6 Å². The number of hydrogen-bond acceptors (Lipinski definition) is 3. The van der Waals surface area contributed by atoms with E-state index in [1.165, 1.54) is 0 Å². The second-order valence-corrected chi connectivity index (χ2v) is 4.46. The van der Waals surface area contributed by atoms with E-state index in [0.717, 1.165) is 6.42 Å². The number of benzene rings is 1. The molecule has 0 saturated heterocycles. The Morgan fingerprint density at radius 3 is 2.72 bits per heavy atom. The summed E-state index contributed by atoms with van der Waals surface area (Å²) < 4.78 is 4.96. The predicted octanol–water partition coefficient (Wildman–Crippen LogP) is 1.43. The summed E-state index contributed by atoms with van der Waals surface area (Å²) in [5.74, 6) is -0.0378. The summed E-state index contributed by atoms with van der Waals surface area (Å²) in [7, 11) is 3.42. The van der Waals surface area contributed by atoms with E-state index in [-0.39, 0.29) is 5.91 Å². The molecule has 0 atom stereocenters. The van der Waals surface area contributed by atoms with Crippen LogP contribution in [0.25, 0.3) is 0 Å². The summed E-state index contributed by atoms with van der Waals surface area (Å²) >= 11 is 4.90.